The lowest BCUT2D eigenvalue weighted by atomic mass is 10.2. The molecule has 0 spiro atoms. The zero-order valence-electron chi connectivity index (χ0n) is 18.1. The SMILES string of the molecule is CCN(CC)c1ccc(-c2nnc(SCC(=O)Nc3cccc(C)c3)n2CC)cc1. The highest BCUT2D eigenvalue weighted by molar-refractivity contribution is 7.99. The summed E-state index contributed by atoms with van der Waals surface area (Å²) in [6, 6.07) is 16.2. The average Bonchev–Trinajstić information content (AvgIpc) is 3.16. The van der Waals surface area contributed by atoms with Crippen LogP contribution >= 0.6 is 11.8 Å². The van der Waals surface area contributed by atoms with E-state index >= 15 is 0 Å². The lowest BCUT2D eigenvalue weighted by Crippen LogP contribution is -2.21. The molecule has 0 saturated carbocycles. The van der Waals surface area contributed by atoms with E-state index in [0.717, 1.165) is 47.4 Å². The Hall–Kier alpha value is -2.80. The van der Waals surface area contributed by atoms with Gasteiger partial charge in [0.2, 0.25) is 5.91 Å². The summed E-state index contributed by atoms with van der Waals surface area (Å²) in [5.41, 5.74) is 4.15. The molecule has 6 nitrogen and oxygen atoms in total. The number of carbonyl (C=O) groups excluding carboxylic acids is 1. The number of benzene rings is 2. The van der Waals surface area contributed by atoms with Crippen LogP contribution in [0.15, 0.2) is 53.7 Å². The molecule has 3 aromatic rings. The first-order valence-corrected chi connectivity index (χ1v) is 11.3. The smallest absolute Gasteiger partial charge is 0.234 e. The molecule has 0 radical (unpaired) electrons. The van der Waals surface area contributed by atoms with Gasteiger partial charge in [-0.3, -0.25) is 4.79 Å². The van der Waals surface area contributed by atoms with Crippen LogP contribution in [0.3, 0.4) is 0 Å². The van der Waals surface area contributed by atoms with Crippen molar-refractivity contribution in [1.82, 2.24) is 14.8 Å². The van der Waals surface area contributed by atoms with E-state index in [1.54, 1.807) is 0 Å². The van der Waals surface area contributed by atoms with Crippen LogP contribution in [0, 0.1) is 6.92 Å². The van der Waals surface area contributed by atoms with E-state index in [-0.39, 0.29) is 11.7 Å². The molecule has 1 N–H and O–H groups in total. The molecular weight excluding hydrogens is 394 g/mol. The fourth-order valence-corrected chi connectivity index (χ4v) is 4.16. The summed E-state index contributed by atoms with van der Waals surface area (Å²) in [5, 5.41) is 12.4. The van der Waals surface area contributed by atoms with E-state index in [0.29, 0.717) is 0 Å². The zero-order chi connectivity index (χ0) is 21.5. The highest BCUT2D eigenvalue weighted by Gasteiger charge is 2.15. The number of hydrogen-bond donors (Lipinski definition) is 1. The molecule has 1 aromatic heterocycles. The van der Waals surface area contributed by atoms with Gasteiger partial charge in [-0.05, 0) is 69.7 Å². The molecule has 7 heteroatoms. The number of rotatable bonds is 9. The Morgan fingerprint density at radius 3 is 2.43 bits per heavy atom. The minimum atomic E-state index is -0.0543. The molecule has 0 aliphatic heterocycles. The Kier molecular flexibility index (Phi) is 7.52. The number of amides is 1. The molecule has 0 aliphatic carbocycles. The van der Waals surface area contributed by atoms with Gasteiger partial charge < -0.3 is 14.8 Å². The van der Waals surface area contributed by atoms with Gasteiger partial charge in [0.25, 0.3) is 0 Å². The highest BCUT2D eigenvalue weighted by atomic mass is 32.2. The molecule has 1 amide bonds. The van der Waals surface area contributed by atoms with Gasteiger partial charge in [0.1, 0.15) is 0 Å². The van der Waals surface area contributed by atoms with Gasteiger partial charge in [0.05, 0.1) is 5.75 Å². The van der Waals surface area contributed by atoms with Crippen LogP contribution < -0.4 is 10.2 Å². The number of thioether (sulfide) groups is 1. The number of aromatic nitrogens is 3. The third-order valence-corrected chi connectivity index (χ3v) is 5.89. The van der Waals surface area contributed by atoms with Crippen LogP contribution in [0.5, 0.6) is 0 Å². The number of hydrogen-bond acceptors (Lipinski definition) is 5. The van der Waals surface area contributed by atoms with E-state index in [4.69, 9.17) is 0 Å². The molecule has 0 fully saturated rings. The van der Waals surface area contributed by atoms with Gasteiger partial charge in [0.15, 0.2) is 11.0 Å². The van der Waals surface area contributed by atoms with Crippen molar-refractivity contribution in [3.8, 4) is 11.4 Å². The number of nitrogens with zero attached hydrogens (tertiary/aromatic N) is 4. The van der Waals surface area contributed by atoms with E-state index in [2.05, 4.69) is 70.0 Å². The molecule has 2 aromatic carbocycles. The molecule has 0 aliphatic rings. The van der Waals surface area contributed by atoms with Crippen molar-refractivity contribution in [2.75, 3.05) is 29.1 Å². The van der Waals surface area contributed by atoms with Gasteiger partial charge in [0, 0.05) is 36.6 Å². The predicted molar refractivity (Wildman–Crippen MR) is 125 cm³/mol. The van der Waals surface area contributed by atoms with Crippen molar-refractivity contribution in [2.45, 2.75) is 39.4 Å². The van der Waals surface area contributed by atoms with Crippen LogP contribution in [0.2, 0.25) is 0 Å². The van der Waals surface area contributed by atoms with Crippen molar-refractivity contribution in [3.05, 3.63) is 54.1 Å². The Bertz CT molecular complexity index is 980. The van der Waals surface area contributed by atoms with Crippen LogP contribution in [0.1, 0.15) is 26.3 Å². The third-order valence-electron chi connectivity index (χ3n) is 4.92. The van der Waals surface area contributed by atoms with Gasteiger partial charge in [-0.15, -0.1) is 10.2 Å². The normalized spacial score (nSPS) is 10.8. The maximum atomic E-state index is 12.3. The molecular formula is C23H29N5OS. The third kappa shape index (κ3) is 5.21. The van der Waals surface area contributed by atoms with Crippen LogP contribution in [0.4, 0.5) is 11.4 Å². The van der Waals surface area contributed by atoms with E-state index in [9.17, 15) is 4.79 Å². The lowest BCUT2D eigenvalue weighted by molar-refractivity contribution is -0.113. The largest absolute Gasteiger partial charge is 0.372 e. The topological polar surface area (TPSA) is 63.1 Å². The Balaban J connectivity index is 1.69. The monoisotopic (exact) mass is 423 g/mol. The van der Waals surface area contributed by atoms with E-state index < -0.39 is 0 Å². The molecule has 0 saturated heterocycles. The first-order chi connectivity index (χ1) is 14.5. The molecule has 0 bridgehead atoms. The molecule has 0 atom stereocenters. The minimum absolute atomic E-state index is 0.0543. The maximum absolute atomic E-state index is 12.3. The summed E-state index contributed by atoms with van der Waals surface area (Å²) in [5.74, 6) is 1.05. The fraction of sp³-hybridized carbons (Fsp3) is 0.348. The second-order valence-electron chi connectivity index (χ2n) is 6.98. The van der Waals surface area contributed by atoms with Gasteiger partial charge in [-0.1, -0.05) is 23.9 Å². The summed E-state index contributed by atoms with van der Waals surface area (Å²) in [6.07, 6.45) is 0. The molecule has 1 heterocycles. The van der Waals surface area contributed by atoms with Crippen LogP contribution in [-0.2, 0) is 11.3 Å². The van der Waals surface area contributed by atoms with Gasteiger partial charge in [-0.2, -0.15) is 0 Å². The Labute approximate surface area is 182 Å². The second kappa shape index (κ2) is 10.3. The van der Waals surface area contributed by atoms with Crippen molar-refractivity contribution in [1.29, 1.82) is 0 Å². The minimum Gasteiger partial charge on any atom is -0.372 e. The molecule has 3 rings (SSSR count). The van der Waals surface area contributed by atoms with Crippen LogP contribution in [-0.4, -0.2) is 39.5 Å². The number of carbonyl (C=O) groups is 1. The fourth-order valence-electron chi connectivity index (χ4n) is 3.35. The summed E-state index contributed by atoms with van der Waals surface area (Å²) >= 11 is 1.40. The number of anilines is 2. The summed E-state index contributed by atoms with van der Waals surface area (Å²) in [6.45, 7) is 11.1. The first-order valence-electron chi connectivity index (χ1n) is 10.3. The summed E-state index contributed by atoms with van der Waals surface area (Å²) < 4.78 is 2.05. The molecule has 30 heavy (non-hydrogen) atoms. The van der Waals surface area contributed by atoms with Gasteiger partial charge in [-0.25, -0.2) is 0 Å². The molecule has 0 unspecified atom stereocenters. The van der Waals surface area contributed by atoms with Crippen molar-refractivity contribution >= 4 is 29.0 Å². The quantitative estimate of drug-likeness (QED) is 0.499. The molecule has 158 valence electrons. The van der Waals surface area contributed by atoms with E-state index in [1.807, 2.05) is 31.2 Å². The zero-order valence-corrected chi connectivity index (χ0v) is 18.9. The Morgan fingerprint density at radius 2 is 1.80 bits per heavy atom. The second-order valence-corrected chi connectivity index (χ2v) is 7.92. The lowest BCUT2D eigenvalue weighted by Gasteiger charge is -2.21. The first kappa shape index (κ1) is 21.9. The van der Waals surface area contributed by atoms with Gasteiger partial charge >= 0.3 is 0 Å². The number of nitrogens with one attached hydrogen (secondary N) is 1. The average molecular weight is 424 g/mol. The summed E-state index contributed by atoms with van der Waals surface area (Å²) in [4.78, 5) is 14.6. The standard InChI is InChI=1S/C23H29N5OS/c1-5-27(6-2)20-13-11-18(12-14-20)22-25-26-23(28(22)7-3)30-16-21(29)24-19-10-8-9-17(4)15-19/h8-15H,5-7,16H2,1-4H3,(H,24,29). The Morgan fingerprint density at radius 1 is 1.07 bits per heavy atom. The predicted octanol–water partition coefficient (Wildman–Crippen LogP) is 4.85. The number of aryl methyl sites for hydroxylation is 1. The maximum Gasteiger partial charge on any atom is 0.234 e. The van der Waals surface area contributed by atoms with Crippen molar-refractivity contribution in [3.63, 3.8) is 0 Å². The van der Waals surface area contributed by atoms with Crippen molar-refractivity contribution in [2.24, 2.45) is 0 Å². The highest BCUT2D eigenvalue weighted by Crippen LogP contribution is 2.26. The summed E-state index contributed by atoms with van der Waals surface area (Å²) in [7, 11) is 0. The van der Waals surface area contributed by atoms with E-state index in [1.165, 1.54) is 17.4 Å². The van der Waals surface area contributed by atoms with Crippen LogP contribution in [0.25, 0.3) is 11.4 Å². The van der Waals surface area contributed by atoms with Crippen molar-refractivity contribution < 1.29 is 4.79 Å².